The molecule has 1 unspecified atom stereocenters. The summed E-state index contributed by atoms with van der Waals surface area (Å²) in [5.41, 5.74) is 2.92. The maximum Gasteiger partial charge on any atom is 0.338 e. The smallest absolute Gasteiger partial charge is 0.338 e. The summed E-state index contributed by atoms with van der Waals surface area (Å²) < 4.78 is 5.07. The van der Waals surface area contributed by atoms with Gasteiger partial charge in [0.15, 0.2) is 0 Å². The van der Waals surface area contributed by atoms with Gasteiger partial charge in [0.05, 0.1) is 5.56 Å². The number of benzene rings is 1. The molecule has 0 aliphatic carbocycles. The molecule has 2 heterocycles. The van der Waals surface area contributed by atoms with Crippen LogP contribution in [0.1, 0.15) is 15.9 Å². The summed E-state index contributed by atoms with van der Waals surface area (Å²) in [5, 5.41) is 3.25. The normalized spacial score (nSPS) is 22.8. The topological polar surface area (TPSA) is 44.8 Å². The number of hydrogen-bond acceptors (Lipinski definition) is 5. The van der Waals surface area contributed by atoms with E-state index in [1.165, 1.54) is 5.69 Å². The molecule has 0 amide bonds. The number of carbonyl (C=O) groups excluding carboxylic acids is 1. The Labute approximate surface area is 119 Å². The molecule has 1 N–H and O–H groups in total. The van der Waals surface area contributed by atoms with Gasteiger partial charge in [0.2, 0.25) is 0 Å². The molecule has 0 radical (unpaired) electrons. The minimum absolute atomic E-state index is 0.196. The molecule has 3 rings (SSSR count). The lowest BCUT2D eigenvalue weighted by Gasteiger charge is -2.40. The van der Waals surface area contributed by atoms with E-state index in [0.29, 0.717) is 12.6 Å². The van der Waals surface area contributed by atoms with E-state index in [1.54, 1.807) is 0 Å². The summed E-state index contributed by atoms with van der Waals surface area (Å²) in [7, 11) is 4.17. The first-order valence-corrected chi connectivity index (χ1v) is 7.09. The van der Waals surface area contributed by atoms with Crippen LogP contribution in [0.2, 0.25) is 0 Å². The molecule has 1 saturated heterocycles. The molecule has 2 aliphatic rings. The monoisotopic (exact) mass is 275 g/mol. The number of nitrogens with zero attached hydrogens (tertiary/aromatic N) is 2. The Balaban J connectivity index is 1.78. The molecule has 1 fully saturated rings. The van der Waals surface area contributed by atoms with Crippen LogP contribution in [0.4, 0.5) is 5.69 Å². The van der Waals surface area contributed by atoms with E-state index < -0.39 is 0 Å². The molecule has 0 aromatic heterocycles. The molecule has 20 heavy (non-hydrogen) atoms. The van der Waals surface area contributed by atoms with Gasteiger partial charge in [0.1, 0.15) is 6.61 Å². The molecular weight excluding hydrogens is 254 g/mol. The first-order valence-electron chi connectivity index (χ1n) is 7.09. The number of hydrogen-bond donors (Lipinski definition) is 1. The van der Waals surface area contributed by atoms with Crippen LogP contribution < -0.4 is 10.2 Å². The maximum atomic E-state index is 11.5. The minimum Gasteiger partial charge on any atom is -0.457 e. The summed E-state index contributed by atoms with van der Waals surface area (Å²) in [5.74, 6) is -0.196. The van der Waals surface area contributed by atoms with Gasteiger partial charge in [0.25, 0.3) is 0 Å². The van der Waals surface area contributed by atoms with E-state index in [-0.39, 0.29) is 5.97 Å². The Kier molecular flexibility index (Phi) is 3.63. The van der Waals surface area contributed by atoms with Crippen molar-refractivity contribution < 1.29 is 9.53 Å². The zero-order valence-electron chi connectivity index (χ0n) is 12.1. The number of rotatable bonds is 3. The third-order valence-corrected chi connectivity index (χ3v) is 4.25. The molecule has 5 nitrogen and oxygen atoms in total. The van der Waals surface area contributed by atoms with E-state index in [9.17, 15) is 4.79 Å². The average molecular weight is 275 g/mol. The number of cyclic esters (lactones) is 1. The van der Waals surface area contributed by atoms with Crippen LogP contribution in [0.15, 0.2) is 18.2 Å². The summed E-state index contributed by atoms with van der Waals surface area (Å²) >= 11 is 0. The van der Waals surface area contributed by atoms with Gasteiger partial charge >= 0.3 is 5.97 Å². The first-order chi connectivity index (χ1) is 9.69. The van der Waals surface area contributed by atoms with Crippen LogP contribution in [0.25, 0.3) is 0 Å². The van der Waals surface area contributed by atoms with Gasteiger partial charge in [-0.2, -0.15) is 0 Å². The number of carbonyl (C=O) groups is 1. The Morgan fingerprint density at radius 1 is 1.40 bits per heavy atom. The van der Waals surface area contributed by atoms with Crippen molar-refractivity contribution in [2.24, 2.45) is 0 Å². The van der Waals surface area contributed by atoms with Gasteiger partial charge in [-0.3, -0.25) is 4.90 Å². The van der Waals surface area contributed by atoms with Gasteiger partial charge in [-0.15, -0.1) is 0 Å². The fourth-order valence-electron chi connectivity index (χ4n) is 2.95. The molecule has 108 valence electrons. The van der Waals surface area contributed by atoms with Crippen LogP contribution in [0, 0.1) is 0 Å². The molecule has 0 spiro atoms. The molecule has 2 aliphatic heterocycles. The van der Waals surface area contributed by atoms with Gasteiger partial charge in [-0.25, -0.2) is 4.79 Å². The Bertz CT molecular complexity index is 518. The zero-order chi connectivity index (χ0) is 14.1. The number of likely N-dealkylation sites (N-methyl/N-ethyl adjacent to an activating group) is 2. The Morgan fingerprint density at radius 3 is 3.05 bits per heavy atom. The molecule has 0 bridgehead atoms. The molecule has 1 aromatic rings. The predicted molar refractivity (Wildman–Crippen MR) is 78.1 cm³/mol. The molecule has 1 aromatic carbocycles. The van der Waals surface area contributed by atoms with Gasteiger partial charge in [0, 0.05) is 43.5 Å². The number of nitrogens with one attached hydrogen (secondary N) is 1. The van der Waals surface area contributed by atoms with Crippen LogP contribution in [-0.4, -0.2) is 57.2 Å². The molecule has 1 atom stereocenters. The number of piperazine rings is 1. The summed E-state index contributed by atoms with van der Waals surface area (Å²) in [6.07, 6.45) is 0. The fraction of sp³-hybridized carbons (Fsp3) is 0.533. The van der Waals surface area contributed by atoms with Crippen LogP contribution in [-0.2, 0) is 11.3 Å². The van der Waals surface area contributed by atoms with Crippen LogP contribution in [0.3, 0.4) is 0 Å². The van der Waals surface area contributed by atoms with Gasteiger partial charge in [-0.1, -0.05) is 0 Å². The van der Waals surface area contributed by atoms with Crippen molar-refractivity contribution in [2.75, 3.05) is 45.2 Å². The van der Waals surface area contributed by atoms with Crippen molar-refractivity contribution in [3.63, 3.8) is 0 Å². The number of ether oxygens (including phenoxy) is 1. The predicted octanol–water partition coefficient (Wildman–Crippen LogP) is 0.697. The second-order valence-corrected chi connectivity index (χ2v) is 5.56. The highest BCUT2D eigenvalue weighted by atomic mass is 16.5. The lowest BCUT2D eigenvalue weighted by molar-refractivity contribution is 0.0535. The average Bonchev–Trinajstić information content (AvgIpc) is 2.83. The van der Waals surface area contributed by atoms with Crippen molar-refractivity contribution in [2.45, 2.75) is 12.6 Å². The van der Waals surface area contributed by atoms with E-state index in [0.717, 1.165) is 37.3 Å². The van der Waals surface area contributed by atoms with Crippen LogP contribution >= 0.6 is 0 Å². The second kappa shape index (κ2) is 5.42. The van der Waals surface area contributed by atoms with E-state index >= 15 is 0 Å². The molecule has 5 heteroatoms. The molecule has 0 saturated carbocycles. The van der Waals surface area contributed by atoms with Crippen molar-refractivity contribution in [3.8, 4) is 0 Å². The largest absolute Gasteiger partial charge is 0.457 e. The van der Waals surface area contributed by atoms with Crippen molar-refractivity contribution in [1.82, 2.24) is 10.2 Å². The number of anilines is 1. The molecular formula is C15H21N3O2. The minimum atomic E-state index is -0.196. The maximum absolute atomic E-state index is 11.5. The second-order valence-electron chi connectivity index (χ2n) is 5.56. The van der Waals surface area contributed by atoms with Crippen molar-refractivity contribution >= 4 is 11.7 Å². The third-order valence-electron chi connectivity index (χ3n) is 4.25. The lowest BCUT2D eigenvalue weighted by atomic mass is 10.1. The number of fused-ring (bicyclic) bond motifs is 1. The highest BCUT2D eigenvalue weighted by molar-refractivity contribution is 5.93. The summed E-state index contributed by atoms with van der Waals surface area (Å²) in [4.78, 5) is 16.3. The lowest BCUT2D eigenvalue weighted by Crippen LogP contribution is -2.54. The van der Waals surface area contributed by atoms with Crippen molar-refractivity contribution in [3.05, 3.63) is 29.3 Å². The SMILES string of the molecule is CNCC1CN(c2ccc3c(c2)COC3=O)CCN1C. The first kappa shape index (κ1) is 13.4. The Morgan fingerprint density at radius 2 is 2.25 bits per heavy atom. The van der Waals surface area contributed by atoms with Gasteiger partial charge < -0.3 is 15.0 Å². The fourth-order valence-corrected chi connectivity index (χ4v) is 2.95. The van der Waals surface area contributed by atoms with E-state index in [2.05, 4.69) is 28.2 Å². The van der Waals surface area contributed by atoms with E-state index in [1.807, 2.05) is 19.2 Å². The van der Waals surface area contributed by atoms with Gasteiger partial charge in [-0.05, 0) is 32.3 Å². The third kappa shape index (κ3) is 2.39. The Hall–Kier alpha value is -1.59. The summed E-state index contributed by atoms with van der Waals surface area (Å²) in [6.45, 7) is 4.48. The quantitative estimate of drug-likeness (QED) is 0.823. The van der Waals surface area contributed by atoms with Crippen molar-refractivity contribution in [1.29, 1.82) is 0 Å². The number of esters is 1. The zero-order valence-corrected chi connectivity index (χ0v) is 12.1. The van der Waals surface area contributed by atoms with Crippen LogP contribution in [0.5, 0.6) is 0 Å². The summed E-state index contributed by atoms with van der Waals surface area (Å²) in [6, 6.07) is 6.54. The standard InChI is InChI=1S/C15H21N3O2/c1-16-8-13-9-18(6-5-17(13)2)12-3-4-14-11(7-12)10-20-15(14)19/h3-4,7,13,16H,5-6,8-10H2,1-2H3. The van der Waals surface area contributed by atoms with E-state index in [4.69, 9.17) is 4.74 Å². The highest BCUT2D eigenvalue weighted by Gasteiger charge is 2.26. The highest BCUT2D eigenvalue weighted by Crippen LogP contribution is 2.26.